The number of nitrogens with zero attached hydrogens (tertiary/aromatic N) is 4. The van der Waals surface area contributed by atoms with Crippen LogP contribution in [-0.2, 0) is 19.2 Å². The van der Waals surface area contributed by atoms with Crippen molar-refractivity contribution in [2.75, 3.05) is 19.7 Å². The minimum absolute atomic E-state index is 0.130. The summed E-state index contributed by atoms with van der Waals surface area (Å²) in [6.07, 6.45) is 5.09. The first-order valence-corrected chi connectivity index (χ1v) is 22.7. The van der Waals surface area contributed by atoms with Gasteiger partial charge in [-0.3, -0.25) is 19.2 Å². The molecule has 2 aliphatic heterocycles. The fraction of sp³-hybridized carbons (Fsp3) is 0.319. The summed E-state index contributed by atoms with van der Waals surface area (Å²) in [4.78, 5) is 74.1. The van der Waals surface area contributed by atoms with Gasteiger partial charge in [-0.1, -0.05) is 74.5 Å². The van der Waals surface area contributed by atoms with Crippen LogP contribution in [0.3, 0.4) is 0 Å². The van der Waals surface area contributed by atoms with Gasteiger partial charge in [0.25, 0.3) is 0 Å². The second-order valence-electron chi connectivity index (χ2n) is 16.4. The van der Waals surface area contributed by atoms with E-state index in [2.05, 4.69) is 69.1 Å². The predicted octanol–water partition coefficient (Wildman–Crippen LogP) is 7.90. The number of aromatic nitrogens is 4. The number of carbonyl (C=O) groups is 4. The number of carbonyl (C=O) groups excluding carboxylic acids is 4. The molecule has 3 aromatic carbocycles. The van der Waals surface area contributed by atoms with Crippen molar-refractivity contribution in [1.82, 2.24) is 40.4 Å². The number of fused-ring (bicyclic) bond motifs is 2. The SMILES string of the molecule is CC(=O)N[C@@H](C(=O)N1CCCC1c1nc2ccc(-c3ccc(-c4cc5sc(-c6cnc([C@@H]7CCCN7C(=O)[C@@H](NC(=O)CO)C(C)C)[nH]6)cc5s4)cc3)cc2[nH]1)c1ccccc1. The van der Waals surface area contributed by atoms with E-state index in [0.717, 1.165) is 81.2 Å². The van der Waals surface area contributed by atoms with E-state index in [9.17, 15) is 24.3 Å². The Morgan fingerprint density at radius 1 is 0.774 bits per heavy atom. The molecule has 15 heteroatoms. The van der Waals surface area contributed by atoms with E-state index in [1.165, 1.54) is 21.2 Å². The molecule has 5 N–H and O–H groups in total. The van der Waals surface area contributed by atoms with Gasteiger partial charge in [-0.25, -0.2) is 9.97 Å². The Morgan fingerprint density at radius 2 is 1.42 bits per heavy atom. The number of aliphatic hydroxyl groups is 1. The standard InChI is InChI=1S/C47H48N8O5S2/c1-26(2)42(53-41(58)25-56)46(59)54-19-7-11-35(54)44-48-24-34(52-44)38-23-40-39(62-38)22-37(61-40)29-15-13-28(14-16-29)31-17-18-32-33(21-31)51-45(50-32)36-12-8-20-55(36)47(60)43(49-27(3)57)30-9-5-4-6-10-30/h4-6,9-10,13-18,21-24,26,35-36,42-43,56H,7-8,11-12,19-20,25H2,1-3H3,(H,48,52)(H,49,57)(H,50,51)(H,53,58)/t35-,36?,42-,43+/m0/s1. The van der Waals surface area contributed by atoms with Crippen molar-refractivity contribution >= 4 is 66.7 Å². The number of amides is 4. The van der Waals surface area contributed by atoms with Gasteiger partial charge in [-0.2, -0.15) is 0 Å². The van der Waals surface area contributed by atoms with Crippen molar-refractivity contribution in [1.29, 1.82) is 0 Å². The zero-order chi connectivity index (χ0) is 43.1. The van der Waals surface area contributed by atoms with E-state index in [1.54, 1.807) is 27.6 Å². The summed E-state index contributed by atoms with van der Waals surface area (Å²) < 4.78 is 2.37. The number of hydrogen-bond acceptors (Lipinski definition) is 9. The lowest BCUT2D eigenvalue weighted by Crippen LogP contribution is -2.51. The third-order valence-corrected chi connectivity index (χ3v) is 14.3. The molecule has 7 aromatic rings. The summed E-state index contributed by atoms with van der Waals surface area (Å²) in [7, 11) is 0. The number of H-pyrrole nitrogens is 2. The van der Waals surface area contributed by atoms with Crippen LogP contribution in [0.1, 0.15) is 81.8 Å². The molecule has 2 fully saturated rings. The van der Waals surface area contributed by atoms with Gasteiger partial charge >= 0.3 is 0 Å². The molecule has 9 rings (SSSR count). The van der Waals surface area contributed by atoms with E-state index >= 15 is 0 Å². The average Bonchev–Trinajstić information content (AvgIpc) is 4.13. The van der Waals surface area contributed by atoms with Crippen LogP contribution in [0.4, 0.5) is 0 Å². The lowest BCUT2D eigenvalue weighted by molar-refractivity contribution is -0.139. The highest BCUT2D eigenvalue weighted by Gasteiger charge is 2.38. The largest absolute Gasteiger partial charge is 0.387 e. The zero-order valence-electron chi connectivity index (χ0n) is 34.7. The molecule has 6 heterocycles. The number of aliphatic hydroxyl groups excluding tert-OH is 1. The van der Waals surface area contributed by atoms with Crippen molar-refractivity contribution < 1.29 is 24.3 Å². The highest BCUT2D eigenvalue weighted by Crippen LogP contribution is 2.43. The third kappa shape index (κ3) is 8.15. The number of rotatable bonds is 12. The molecule has 4 aromatic heterocycles. The molecule has 4 atom stereocenters. The van der Waals surface area contributed by atoms with E-state index in [1.807, 2.05) is 61.3 Å². The molecular weight excluding hydrogens is 821 g/mol. The van der Waals surface area contributed by atoms with Gasteiger partial charge in [0.15, 0.2) is 0 Å². The van der Waals surface area contributed by atoms with Crippen LogP contribution in [0.25, 0.3) is 52.6 Å². The molecule has 4 amide bonds. The number of aromatic amines is 2. The maximum Gasteiger partial charge on any atom is 0.250 e. The summed E-state index contributed by atoms with van der Waals surface area (Å²) in [6, 6.07) is 26.7. The lowest BCUT2D eigenvalue weighted by Gasteiger charge is -2.30. The maximum absolute atomic E-state index is 13.9. The quantitative estimate of drug-likeness (QED) is 0.0829. The van der Waals surface area contributed by atoms with Crippen LogP contribution >= 0.6 is 22.7 Å². The van der Waals surface area contributed by atoms with E-state index in [-0.39, 0.29) is 35.7 Å². The molecule has 0 bridgehead atoms. The molecule has 13 nitrogen and oxygen atoms in total. The Labute approximate surface area is 366 Å². The van der Waals surface area contributed by atoms with Crippen LogP contribution in [0.2, 0.25) is 0 Å². The van der Waals surface area contributed by atoms with Crippen molar-refractivity contribution in [3.8, 4) is 32.1 Å². The first-order chi connectivity index (χ1) is 30.0. The number of likely N-dealkylation sites (tertiary alicyclic amines) is 2. The van der Waals surface area contributed by atoms with Crippen LogP contribution < -0.4 is 10.6 Å². The summed E-state index contributed by atoms with van der Waals surface area (Å²) in [5, 5.41) is 14.8. The number of imidazole rings is 2. The van der Waals surface area contributed by atoms with E-state index in [0.29, 0.717) is 13.1 Å². The van der Waals surface area contributed by atoms with Crippen LogP contribution in [-0.4, -0.2) is 84.2 Å². The average molecular weight is 869 g/mol. The molecule has 0 spiro atoms. The fourth-order valence-corrected chi connectivity index (χ4v) is 11.1. The molecule has 1 unspecified atom stereocenters. The van der Waals surface area contributed by atoms with Gasteiger partial charge in [0.1, 0.15) is 30.3 Å². The van der Waals surface area contributed by atoms with Gasteiger partial charge in [0.2, 0.25) is 23.6 Å². The fourth-order valence-electron chi connectivity index (χ4n) is 8.78. The van der Waals surface area contributed by atoms with Crippen molar-refractivity contribution in [2.24, 2.45) is 5.92 Å². The number of benzene rings is 3. The highest BCUT2D eigenvalue weighted by atomic mass is 32.1. The van der Waals surface area contributed by atoms with Crippen LogP contribution in [0.5, 0.6) is 0 Å². The second kappa shape index (κ2) is 17.3. The van der Waals surface area contributed by atoms with Crippen molar-refractivity contribution in [3.63, 3.8) is 0 Å². The van der Waals surface area contributed by atoms with Crippen LogP contribution in [0, 0.1) is 5.92 Å². The normalized spacial score (nSPS) is 17.6. The van der Waals surface area contributed by atoms with E-state index in [4.69, 9.17) is 9.97 Å². The molecular formula is C47H48N8O5S2. The predicted molar refractivity (Wildman–Crippen MR) is 242 cm³/mol. The highest BCUT2D eigenvalue weighted by molar-refractivity contribution is 7.31. The molecule has 0 aliphatic carbocycles. The second-order valence-corrected chi connectivity index (χ2v) is 18.6. The number of thiophene rings is 2. The van der Waals surface area contributed by atoms with E-state index < -0.39 is 24.6 Å². The molecule has 62 heavy (non-hydrogen) atoms. The first kappa shape index (κ1) is 41.2. The van der Waals surface area contributed by atoms with Gasteiger partial charge in [0, 0.05) is 34.3 Å². The summed E-state index contributed by atoms with van der Waals surface area (Å²) >= 11 is 3.45. The summed E-state index contributed by atoms with van der Waals surface area (Å²) in [5.41, 5.74) is 6.67. The molecule has 2 saturated heterocycles. The lowest BCUT2D eigenvalue weighted by atomic mass is 10.0. The minimum atomic E-state index is -0.761. The Balaban J connectivity index is 0.878. The summed E-state index contributed by atoms with van der Waals surface area (Å²) in [5.74, 6) is 0.236. The number of nitrogens with one attached hydrogen (secondary N) is 4. The monoisotopic (exact) mass is 868 g/mol. The Kier molecular flexibility index (Phi) is 11.5. The third-order valence-electron chi connectivity index (χ3n) is 11.9. The Hall–Kier alpha value is -6.16. The van der Waals surface area contributed by atoms with Gasteiger partial charge in [-0.15, -0.1) is 22.7 Å². The maximum atomic E-state index is 13.9. The van der Waals surface area contributed by atoms with Gasteiger partial charge < -0.3 is 35.5 Å². The molecule has 0 radical (unpaired) electrons. The summed E-state index contributed by atoms with van der Waals surface area (Å²) in [6.45, 7) is 5.72. The Bertz CT molecular complexity index is 2740. The number of hydrogen-bond donors (Lipinski definition) is 5. The topological polar surface area (TPSA) is 176 Å². The zero-order valence-corrected chi connectivity index (χ0v) is 36.3. The van der Waals surface area contributed by atoms with Gasteiger partial charge in [-0.05, 0) is 78.1 Å². The van der Waals surface area contributed by atoms with Gasteiger partial charge in [0.05, 0.1) is 39.9 Å². The molecule has 318 valence electrons. The minimum Gasteiger partial charge on any atom is -0.387 e. The van der Waals surface area contributed by atoms with Crippen LogP contribution in [0.15, 0.2) is 91.1 Å². The smallest absolute Gasteiger partial charge is 0.250 e. The molecule has 0 saturated carbocycles. The first-order valence-electron chi connectivity index (χ1n) is 21.1. The van der Waals surface area contributed by atoms with Crippen molar-refractivity contribution in [2.45, 2.75) is 70.6 Å². The molecule has 2 aliphatic rings. The Morgan fingerprint density at radius 3 is 2.11 bits per heavy atom. The van der Waals surface area contributed by atoms with Crippen molar-refractivity contribution in [3.05, 3.63) is 108 Å².